The summed E-state index contributed by atoms with van der Waals surface area (Å²) in [5.74, 6) is 1.12. The van der Waals surface area contributed by atoms with E-state index in [2.05, 4.69) is 175 Å². The number of ether oxygens (including phenoxy) is 1. The number of hydrogen-bond donors (Lipinski definition) is 0. The zero-order valence-electron chi connectivity index (χ0n) is 45.8. The molecule has 0 bridgehead atoms. The summed E-state index contributed by atoms with van der Waals surface area (Å²) in [6.45, 7) is 0. The zero-order chi connectivity index (χ0) is 56.5. The predicted molar refractivity (Wildman–Crippen MR) is 353 cm³/mol. The molecule has 0 aliphatic carbocycles. The Labute approximate surface area is 491 Å². The van der Waals surface area contributed by atoms with Crippen molar-refractivity contribution in [2.45, 2.75) is 0 Å². The molecule has 4 nitrogen and oxygen atoms in total. The lowest BCUT2D eigenvalue weighted by Crippen LogP contribution is -2.25. The summed E-state index contributed by atoms with van der Waals surface area (Å²) in [4.78, 5) is 2.35. The second-order valence-electron chi connectivity index (χ2n) is 21.0. The van der Waals surface area contributed by atoms with Crippen molar-refractivity contribution in [2.24, 2.45) is 0 Å². The maximum atomic E-state index is 16.6. The van der Waals surface area contributed by atoms with Gasteiger partial charge < -0.3 is 18.8 Å². The maximum absolute atomic E-state index is 16.6. The van der Waals surface area contributed by atoms with Gasteiger partial charge in [0.15, 0.2) is 14.3 Å². The lowest BCUT2D eigenvalue weighted by Gasteiger charge is -2.33. The van der Waals surface area contributed by atoms with Crippen LogP contribution in [0.1, 0.15) is 0 Å². The Morgan fingerprint density at radius 3 is 0.869 bits per heavy atom. The zero-order valence-corrected chi connectivity index (χ0v) is 47.6. The summed E-state index contributed by atoms with van der Waals surface area (Å²) in [6.07, 6.45) is 0. The first kappa shape index (κ1) is 52.0. The van der Waals surface area contributed by atoms with E-state index in [0.717, 1.165) is 105 Å². The molecule has 0 radical (unpaired) electrons. The Hall–Kier alpha value is -10.1. The normalized spacial score (nSPS) is 12.0. The van der Waals surface area contributed by atoms with Crippen molar-refractivity contribution in [3.05, 3.63) is 334 Å². The van der Waals surface area contributed by atoms with Gasteiger partial charge in [-0.2, -0.15) is 0 Å². The van der Waals surface area contributed by atoms with Crippen molar-refractivity contribution in [1.82, 2.24) is 0 Å². The standard InChI is InChI=1S/C78H55NO3P2/c80-83(61-32-14-4-15-33-61,62-34-16-5-17-35-62)65-46-50-77-73(54-65)71-52-58(69-42-24-22-40-67(69)56-26-8-1-9-27-56)44-48-75(71)79(60-30-12-3-13-31-60)76-49-45-59(70-43-25-23-41-68(70)57-28-10-2-11-29-57)53-72(76)74-55-66(47-51-78(74)82-77)84(81,63-36-18-6-19-37-63)64-38-20-7-21-39-64/h1-55H. The number of nitrogens with zero attached hydrogens (tertiary/aromatic N) is 1. The minimum atomic E-state index is -3.53. The van der Waals surface area contributed by atoms with Crippen molar-refractivity contribution in [2.75, 3.05) is 4.90 Å². The van der Waals surface area contributed by atoms with Gasteiger partial charge in [0.25, 0.3) is 0 Å². The van der Waals surface area contributed by atoms with Crippen LogP contribution in [0.5, 0.6) is 11.5 Å². The van der Waals surface area contributed by atoms with Crippen molar-refractivity contribution >= 4 is 63.2 Å². The second kappa shape index (κ2) is 22.3. The monoisotopic (exact) mass is 1120 g/mol. The Bertz CT molecular complexity index is 4250. The van der Waals surface area contributed by atoms with Crippen molar-refractivity contribution in [1.29, 1.82) is 0 Å². The number of hydrogen-bond acceptors (Lipinski definition) is 4. The van der Waals surface area contributed by atoms with Gasteiger partial charge in [0.05, 0.1) is 11.4 Å². The van der Waals surface area contributed by atoms with E-state index in [-0.39, 0.29) is 0 Å². The minimum Gasteiger partial charge on any atom is -0.456 e. The largest absolute Gasteiger partial charge is 0.456 e. The van der Waals surface area contributed by atoms with E-state index in [1.807, 2.05) is 164 Å². The third kappa shape index (κ3) is 9.42. The van der Waals surface area contributed by atoms with E-state index in [0.29, 0.717) is 22.1 Å². The molecule has 0 atom stereocenters. The molecule has 6 heteroatoms. The Morgan fingerprint density at radius 1 is 0.226 bits per heavy atom. The molecule has 13 aromatic carbocycles. The van der Waals surface area contributed by atoms with Gasteiger partial charge in [-0.25, -0.2) is 0 Å². The first-order valence-electron chi connectivity index (χ1n) is 28.3. The van der Waals surface area contributed by atoms with Crippen LogP contribution in [0.3, 0.4) is 0 Å². The third-order valence-corrected chi connectivity index (χ3v) is 22.2. The molecule has 0 N–H and O–H groups in total. The molecule has 0 unspecified atom stereocenters. The first-order valence-corrected chi connectivity index (χ1v) is 31.7. The maximum Gasteiger partial charge on any atom is 0.171 e. The molecule has 1 heterocycles. The van der Waals surface area contributed by atoms with Crippen LogP contribution < -0.4 is 41.5 Å². The quantitative estimate of drug-likeness (QED) is 0.121. The second-order valence-corrected chi connectivity index (χ2v) is 26.5. The average Bonchev–Trinajstić information content (AvgIpc) is 2.10. The summed E-state index contributed by atoms with van der Waals surface area (Å²) in [7, 11) is -7.07. The van der Waals surface area contributed by atoms with E-state index >= 15 is 9.13 Å². The molecule has 0 spiro atoms. The van der Waals surface area contributed by atoms with Crippen LogP contribution in [-0.4, -0.2) is 0 Å². The summed E-state index contributed by atoms with van der Waals surface area (Å²) in [6, 6.07) is 114. The predicted octanol–water partition coefficient (Wildman–Crippen LogP) is 18.5. The van der Waals surface area contributed by atoms with E-state index < -0.39 is 14.3 Å². The summed E-state index contributed by atoms with van der Waals surface area (Å²) in [5, 5.41) is 4.24. The molecule has 0 fully saturated rings. The number of para-hydroxylation sites is 1. The third-order valence-electron chi connectivity index (χ3n) is 16.1. The SMILES string of the molecule is O=P(c1ccccc1)(c1ccccc1)c1ccc2c(c1)-c1cc(-c3ccccc3-c3ccccc3)ccc1N(c1ccccc1)c1ccc(-c3ccccc3-c3ccccc3)cc1-c1cc(P(=O)(c3ccccc3)c3ccccc3)ccc1O2. The van der Waals surface area contributed by atoms with Gasteiger partial charge in [-0.1, -0.05) is 261 Å². The molecule has 1 aliphatic rings. The Morgan fingerprint density at radius 2 is 0.524 bits per heavy atom. The molecule has 0 aromatic heterocycles. The molecule has 0 amide bonds. The fourth-order valence-electron chi connectivity index (χ4n) is 12.0. The first-order chi connectivity index (χ1) is 41.4. The fraction of sp³-hybridized carbons (Fsp3) is 0. The molecular formula is C78H55NO3P2. The highest BCUT2D eigenvalue weighted by atomic mass is 31.2. The van der Waals surface area contributed by atoms with Crippen LogP contribution in [0, 0.1) is 0 Å². The van der Waals surface area contributed by atoms with Crippen LogP contribution in [0.2, 0.25) is 0 Å². The summed E-state index contributed by atoms with van der Waals surface area (Å²) in [5.41, 5.74) is 14.4. The Kier molecular flexibility index (Phi) is 13.8. The lowest BCUT2D eigenvalue weighted by molar-refractivity contribution is 0.486. The highest BCUT2D eigenvalue weighted by Gasteiger charge is 2.35. The van der Waals surface area contributed by atoms with Crippen molar-refractivity contribution < 1.29 is 13.9 Å². The smallest absolute Gasteiger partial charge is 0.171 e. The number of anilines is 3. The molecular weight excluding hydrogens is 1060 g/mol. The molecule has 13 aromatic rings. The highest BCUT2D eigenvalue weighted by molar-refractivity contribution is 7.85. The van der Waals surface area contributed by atoms with Crippen LogP contribution in [-0.2, 0) is 9.13 Å². The van der Waals surface area contributed by atoms with E-state index in [9.17, 15) is 0 Å². The molecule has 0 saturated carbocycles. The van der Waals surface area contributed by atoms with Gasteiger partial charge in [-0.3, -0.25) is 0 Å². The van der Waals surface area contributed by atoms with Crippen molar-refractivity contribution in [3.8, 4) is 78.3 Å². The van der Waals surface area contributed by atoms with Crippen molar-refractivity contribution in [3.63, 3.8) is 0 Å². The summed E-state index contributed by atoms with van der Waals surface area (Å²) >= 11 is 0. The van der Waals surface area contributed by atoms with Gasteiger partial charge in [-0.15, -0.1) is 0 Å². The number of fused-ring (bicyclic) bond motifs is 6. The van der Waals surface area contributed by atoms with Gasteiger partial charge in [0.1, 0.15) is 11.5 Å². The van der Waals surface area contributed by atoms with Gasteiger partial charge in [0.2, 0.25) is 0 Å². The van der Waals surface area contributed by atoms with Gasteiger partial charge in [-0.05, 0) is 117 Å². The van der Waals surface area contributed by atoms with Gasteiger partial charge >= 0.3 is 0 Å². The van der Waals surface area contributed by atoms with E-state index in [1.54, 1.807) is 0 Å². The summed E-state index contributed by atoms with van der Waals surface area (Å²) < 4.78 is 40.8. The van der Waals surface area contributed by atoms with Crippen LogP contribution in [0.25, 0.3) is 66.8 Å². The fourth-order valence-corrected chi connectivity index (χ4v) is 17.4. The molecule has 1 aliphatic heterocycles. The molecule has 14 rings (SSSR count). The molecule has 0 saturated heterocycles. The Balaban J connectivity index is 1.10. The van der Waals surface area contributed by atoms with Crippen LogP contribution >= 0.6 is 14.3 Å². The van der Waals surface area contributed by atoms with E-state index in [4.69, 9.17) is 4.74 Å². The average molecular weight is 1120 g/mol. The van der Waals surface area contributed by atoms with E-state index in [1.165, 1.54) is 0 Å². The number of benzene rings is 13. The van der Waals surface area contributed by atoms with Crippen LogP contribution in [0.4, 0.5) is 17.1 Å². The highest BCUT2D eigenvalue weighted by Crippen LogP contribution is 2.55. The topological polar surface area (TPSA) is 46.6 Å². The minimum absolute atomic E-state index is 0.562. The molecule has 400 valence electrons. The lowest BCUT2D eigenvalue weighted by atomic mass is 9.89. The van der Waals surface area contributed by atoms with Gasteiger partial charge in [0, 0.05) is 59.8 Å². The number of rotatable bonds is 11. The molecule has 84 heavy (non-hydrogen) atoms. The van der Waals surface area contributed by atoms with Crippen LogP contribution in [0.15, 0.2) is 334 Å².